The van der Waals surface area contributed by atoms with Gasteiger partial charge in [0.25, 0.3) is 5.91 Å². The van der Waals surface area contributed by atoms with E-state index in [2.05, 4.69) is 11.0 Å². The molecule has 2 aromatic rings. The number of amides is 1. The van der Waals surface area contributed by atoms with Gasteiger partial charge in [0, 0.05) is 26.2 Å². The number of nitrogens with zero attached hydrogens (tertiary/aromatic N) is 2. The Hall–Kier alpha value is -2.43. The van der Waals surface area contributed by atoms with Crippen LogP contribution in [-0.4, -0.2) is 43.6 Å². The number of para-hydroxylation sites is 2. The second-order valence-corrected chi connectivity index (χ2v) is 5.19. The van der Waals surface area contributed by atoms with Gasteiger partial charge in [-0.3, -0.25) is 4.79 Å². The van der Waals surface area contributed by atoms with Crippen LogP contribution in [0.5, 0.6) is 5.75 Å². The van der Waals surface area contributed by atoms with Gasteiger partial charge in [-0.1, -0.05) is 12.1 Å². The van der Waals surface area contributed by atoms with E-state index >= 15 is 0 Å². The van der Waals surface area contributed by atoms with Crippen molar-refractivity contribution in [3.05, 3.63) is 48.4 Å². The largest absolute Gasteiger partial charge is 0.492 e. The average molecular weight is 300 g/mol. The van der Waals surface area contributed by atoms with Crippen molar-refractivity contribution < 1.29 is 13.9 Å². The molecule has 0 N–H and O–H groups in total. The van der Waals surface area contributed by atoms with Crippen molar-refractivity contribution >= 4 is 11.6 Å². The summed E-state index contributed by atoms with van der Waals surface area (Å²) in [4.78, 5) is 16.4. The maximum atomic E-state index is 12.3. The molecule has 0 atom stereocenters. The summed E-state index contributed by atoms with van der Waals surface area (Å²) in [5.41, 5.74) is 1.71. The number of hydrogen-bond donors (Lipinski definition) is 0. The van der Waals surface area contributed by atoms with Crippen LogP contribution in [0.25, 0.3) is 0 Å². The summed E-state index contributed by atoms with van der Waals surface area (Å²) in [6, 6.07) is 9.76. The Balaban J connectivity index is 1.66. The Labute approximate surface area is 130 Å². The van der Waals surface area contributed by atoms with Crippen molar-refractivity contribution in [1.29, 1.82) is 0 Å². The zero-order valence-electron chi connectivity index (χ0n) is 12.7. The highest BCUT2D eigenvalue weighted by Gasteiger charge is 2.24. The van der Waals surface area contributed by atoms with Gasteiger partial charge in [0.2, 0.25) is 0 Å². The fraction of sp³-hybridized carbons (Fsp3) is 0.353. The van der Waals surface area contributed by atoms with Crippen LogP contribution in [0.3, 0.4) is 0 Å². The first kappa shape index (κ1) is 14.5. The molecule has 0 radical (unpaired) electrons. The summed E-state index contributed by atoms with van der Waals surface area (Å²) in [7, 11) is 0. The molecule has 1 aliphatic heterocycles. The quantitative estimate of drug-likeness (QED) is 0.871. The van der Waals surface area contributed by atoms with E-state index in [4.69, 9.17) is 9.15 Å². The van der Waals surface area contributed by atoms with E-state index in [1.165, 1.54) is 12.5 Å². The van der Waals surface area contributed by atoms with Gasteiger partial charge >= 0.3 is 0 Å². The lowest BCUT2D eigenvalue weighted by molar-refractivity contribution is 0.0746. The first-order valence-electron chi connectivity index (χ1n) is 7.58. The van der Waals surface area contributed by atoms with Crippen molar-refractivity contribution in [3.8, 4) is 5.75 Å². The fourth-order valence-corrected chi connectivity index (χ4v) is 2.72. The van der Waals surface area contributed by atoms with Gasteiger partial charge in [0.1, 0.15) is 12.0 Å². The van der Waals surface area contributed by atoms with Crippen molar-refractivity contribution in [2.75, 3.05) is 37.7 Å². The second-order valence-electron chi connectivity index (χ2n) is 5.19. The molecule has 116 valence electrons. The minimum atomic E-state index is 0.0338. The summed E-state index contributed by atoms with van der Waals surface area (Å²) in [6.45, 7) is 5.63. The van der Waals surface area contributed by atoms with Crippen LogP contribution < -0.4 is 9.64 Å². The number of carbonyl (C=O) groups excluding carboxylic acids is 1. The van der Waals surface area contributed by atoms with E-state index in [-0.39, 0.29) is 5.91 Å². The molecule has 0 spiro atoms. The predicted molar refractivity (Wildman–Crippen MR) is 84.4 cm³/mol. The van der Waals surface area contributed by atoms with Crippen molar-refractivity contribution in [2.24, 2.45) is 0 Å². The molecule has 1 aromatic carbocycles. The standard InChI is InChI=1S/C17H20N2O3/c1-2-22-16-6-4-3-5-15(16)18-8-10-19(11-9-18)17(20)14-7-12-21-13-14/h3-7,12-13H,2,8-11H2,1H3. The van der Waals surface area contributed by atoms with Crippen LogP contribution in [-0.2, 0) is 0 Å². The molecular formula is C17H20N2O3. The maximum Gasteiger partial charge on any atom is 0.257 e. The van der Waals surface area contributed by atoms with Gasteiger partial charge in [0.05, 0.1) is 24.1 Å². The number of piperazine rings is 1. The molecule has 0 bridgehead atoms. The van der Waals surface area contributed by atoms with E-state index in [9.17, 15) is 4.79 Å². The summed E-state index contributed by atoms with van der Waals surface area (Å²) >= 11 is 0. The summed E-state index contributed by atoms with van der Waals surface area (Å²) in [5, 5.41) is 0. The average Bonchev–Trinajstić information content (AvgIpc) is 3.10. The van der Waals surface area contributed by atoms with Gasteiger partial charge in [-0.2, -0.15) is 0 Å². The molecule has 1 aliphatic rings. The molecule has 0 unspecified atom stereocenters. The van der Waals surface area contributed by atoms with Crippen LogP contribution in [0, 0.1) is 0 Å². The van der Waals surface area contributed by atoms with Gasteiger partial charge in [0.15, 0.2) is 0 Å². The SMILES string of the molecule is CCOc1ccccc1N1CCN(C(=O)c2ccoc2)CC1. The van der Waals surface area contributed by atoms with Crippen molar-refractivity contribution in [3.63, 3.8) is 0 Å². The Bertz CT molecular complexity index is 617. The Morgan fingerprint density at radius 1 is 1.18 bits per heavy atom. The topological polar surface area (TPSA) is 45.9 Å². The smallest absolute Gasteiger partial charge is 0.257 e. The first-order chi connectivity index (χ1) is 10.8. The molecule has 5 heteroatoms. The van der Waals surface area contributed by atoms with Gasteiger partial charge in [-0.15, -0.1) is 0 Å². The lowest BCUT2D eigenvalue weighted by atomic mass is 10.2. The van der Waals surface area contributed by atoms with Crippen molar-refractivity contribution in [1.82, 2.24) is 4.90 Å². The Morgan fingerprint density at radius 3 is 2.64 bits per heavy atom. The Kier molecular flexibility index (Phi) is 4.32. The maximum absolute atomic E-state index is 12.3. The van der Waals surface area contributed by atoms with E-state index in [0.29, 0.717) is 25.3 Å². The number of rotatable bonds is 4. The Morgan fingerprint density at radius 2 is 1.95 bits per heavy atom. The number of carbonyl (C=O) groups is 1. The number of ether oxygens (including phenoxy) is 1. The molecular weight excluding hydrogens is 280 g/mol. The second kappa shape index (κ2) is 6.56. The van der Waals surface area contributed by atoms with Crippen LogP contribution >= 0.6 is 0 Å². The third kappa shape index (κ3) is 2.93. The van der Waals surface area contributed by atoms with Crippen LogP contribution in [0.1, 0.15) is 17.3 Å². The van der Waals surface area contributed by atoms with Gasteiger partial charge < -0.3 is 19.0 Å². The molecule has 0 saturated carbocycles. The highest BCUT2D eigenvalue weighted by molar-refractivity contribution is 5.94. The molecule has 1 aromatic heterocycles. The van der Waals surface area contributed by atoms with E-state index in [1.807, 2.05) is 30.0 Å². The normalized spacial score (nSPS) is 15.0. The molecule has 3 rings (SSSR count). The summed E-state index contributed by atoms with van der Waals surface area (Å²) in [5.74, 6) is 0.936. The molecule has 22 heavy (non-hydrogen) atoms. The van der Waals surface area contributed by atoms with Crippen LogP contribution in [0.2, 0.25) is 0 Å². The summed E-state index contributed by atoms with van der Waals surface area (Å²) < 4.78 is 10.7. The molecule has 5 nitrogen and oxygen atoms in total. The highest BCUT2D eigenvalue weighted by atomic mass is 16.5. The zero-order valence-corrected chi connectivity index (χ0v) is 12.7. The number of anilines is 1. The highest BCUT2D eigenvalue weighted by Crippen LogP contribution is 2.29. The predicted octanol–water partition coefficient (Wildman–Crippen LogP) is 2.64. The van der Waals surface area contributed by atoms with Crippen LogP contribution in [0.4, 0.5) is 5.69 Å². The molecule has 0 aliphatic carbocycles. The number of benzene rings is 1. The van der Waals surface area contributed by atoms with Crippen molar-refractivity contribution in [2.45, 2.75) is 6.92 Å². The number of hydrogen-bond acceptors (Lipinski definition) is 4. The molecule has 1 fully saturated rings. The monoisotopic (exact) mass is 300 g/mol. The number of furan rings is 1. The lowest BCUT2D eigenvalue weighted by Gasteiger charge is -2.36. The van der Waals surface area contributed by atoms with E-state index < -0.39 is 0 Å². The zero-order chi connectivity index (χ0) is 15.4. The molecule has 2 heterocycles. The molecule has 1 amide bonds. The third-order valence-electron chi connectivity index (χ3n) is 3.84. The minimum absolute atomic E-state index is 0.0338. The fourth-order valence-electron chi connectivity index (χ4n) is 2.72. The van der Waals surface area contributed by atoms with Gasteiger partial charge in [-0.05, 0) is 25.1 Å². The van der Waals surface area contributed by atoms with Crippen LogP contribution in [0.15, 0.2) is 47.3 Å². The molecule has 1 saturated heterocycles. The first-order valence-corrected chi connectivity index (χ1v) is 7.58. The third-order valence-corrected chi connectivity index (χ3v) is 3.84. The summed E-state index contributed by atoms with van der Waals surface area (Å²) in [6.07, 6.45) is 3.03. The van der Waals surface area contributed by atoms with Gasteiger partial charge in [-0.25, -0.2) is 0 Å². The van der Waals surface area contributed by atoms with E-state index in [0.717, 1.165) is 24.5 Å². The van der Waals surface area contributed by atoms with E-state index in [1.54, 1.807) is 6.07 Å². The lowest BCUT2D eigenvalue weighted by Crippen LogP contribution is -2.48. The minimum Gasteiger partial charge on any atom is -0.492 e.